The number of ether oxygens (including phenoxy) is 2. The molecule has 14 heteroatoms. The summed E-state index contributed by atoms with van der Waals surface area (Å²) < 4.78 is 84.7. The van der Waals surface area contributed by atoms with Gasteiger partial charge in [0, 0.05) is 42.9 Å². The van der Waals surface area contributed by atoms with Gasteiger partial charge >= 0.3 is 6.18 Å². The van der Waals surface area contributed by atoms with Crippen LogP contribution in [-0.2, 0) is 14.8 Å². The van der Waals surface area contributed by atoms with Crippen LogP contribution in [0, 0.1) is 24.7 Å². The third-order valence-electron chi connectivity index (χ3n) is 11.0. The highest BCUT2D eigenvalue weighted by molar-refractivity contribution is 7.92. The molecule has 1 aromatic heterocycles. The first-order valence-corrected chi connectivity index (χ1v) is 18.5. The number of aryl methyl sites for hydroxylation is 2. The number of rotatable bonds is 8. The van der Waals surface area contributed by atoms with Crippen molar-refractivity contribution in [3.05, 3.63) is 65.2 Å². The van der Waals surface area contributed by atoms with Crippen LogP contribution in [0.15, 0.2) is 53.4 Å². The topological polar surface area (TPSA) is 123 Å². The Kier molecular flexibility index (Phi) is 8.87. The number of anilines is 1. The zero-order valence-corrected chi connectivity index (χ0v) is 29.2. The monoisotopic (exact) mass is 713 g/mol. The first kappa shape index (κ1) is 34.7. The normalized spacial score (nSPS) is 26.7. The van der Waals surface area contributed by atoms with Crippen molar-refractivity contribution >= 4 is 21.9 Å². The van der Waals surface area contributed by atoms with Crippen LogP contribution in [0.1, 0.15) is 66.4 Å². The molecule has 50 heavy (non-hydrogen) atoms. The number of carbonyl (C=O) groups excluding carboxylic acids is 1. The van der Waals surface area contributed by atoms with Crippen LogP contribution in [-0.4, -0.2) is 80.4 Å². The maximum atomic E-state index is 14.5. The van der Waals surface area contributed by atoms with Gasteiger partial charge in [-0.2, -0.15) is 18.2 Å². The summed E-state index contributed by atoms with van der Waals surface area (Å²) in [5.74, 6) is -0.779. The van der Waals surface area contributed by atoms with Crippen molar-refractivity contribution < 1.29 is 35.9 Å². The standard InChI is InChI=1S/C36H42F3N5O5S/c1-22-6-4-7-23(2)31(22)29-15-30-42-33(41-29)43-50(46,47)28-9-5-8-24(14-28)32(45)44(27(21-49-30)20-35(10-11-35)36(37,38)39)26-18-34(19-26)16-25(17-34)40-12-13-48-3/h4-9,14-15,25-27,40H,10-13,16-21H2,1-3H3,(H,41,42,43)/t25-,26-,27-,34?/m1/s1. The van der Waals surface area contributed by atoms with E-state index in [0.29, 0.717) is 31.2 Å². The van der Waals surface area contributed by atoms with E-state index in [1.807, 2.05) is 32.0 Å². The van der Waals surface area contributed by atoms with Crippen molar-refractivity contribution in [2.24, 2.45) is 10.8 Å². The maximum absolute atomic E-state index is 14.5. The van der Waals surface area contributed by atoms with Crippen molar-refractivity contribution in [2.45, 2.75) is 88.0 Å². The van der Waals surface area contributed by atoms with Crippen molar-refractivity contribution in [2.75, 3.05) is 31.6 Å². The number of methoxy groups -OCH3 is 1. The highest BCUT2D eigenvalue weighted by Crippen LogP contribution is 2.62. The van der Waals surface area contributed by atoms with Gasteiger partial charge in [0.2, 0.25) is 11.8 Å². The van der Waals surface area contributed by atoms with E-state index in [9.17, 15) is 26.4 Å². The summed E-state index contributed by atoms with van der Waals surface area (Å²) in [4.78, 5) is 24.8. The summed E-state index contributed by atoms with van der Waals surface area (Å²) in [7, 11) is -2.63. The summed E-state index contributed by atoms with van der Waals surface area (Å²) >= 11 is 0. The van der Waals surface area contributed by atoms with Crippen molar-refractivity contribution in [3.8, 4) is 17.1 Å². The van der Waals surface area contributed by atoms with Crippen molar-refractivity contribution in [1.29, 1.82) is 0 Å². The molecule has 1 atom stereocenters. The van der Waals surface area contributed by atoms with E-state index in [4.69, 9.17) is 9.47 Å². The minimum Gasteiger partial charge on any atom is -0.475 e. The summed E-state index contributed by atoms with van der Waals surface area (Å²) in [5.41, 5.74) is 1.07. The first-order chi connectivity index (χ1) is 23.7. The second kappa shape index (κ2) is 12.8. The molecule has 1 aliphatic heterocycles. The second-order valence-corrected chi connectivity index (χ2v) is 16.3. The Morgan fingerprint density at radius 1 is 1.04 bits per heavy atom. The average molecular weight is 714 g/mol. The minimum absolute atomic E-state index is 0.000519. The molecule has 1 spiro atoms. The van der Waals surface area contributed by atoms with Gasteiger partial charge < -0.3 is 19.7 Å². The van der Waals surface area contributed by atoms with E-state index >= 15 is 0 Å². The van der Waals surface area contributed by atoms with Gasteiger partial charge in [0.15, 0.2) is 0 Å². The lowest BCUT2D eigenvalue weighted by atomic mass is 9.51. The SMILES string of the molecule is COCCN[C@H]1CC2(C1)C[C@H](N1C(=O)c3cccc(c3)S(=O)(=O)Nc3nc(cc(-c4c(C)cccc4C)n3)OC[C@H]1CC1(C(F)(F)F)CC1)C2. The van der Waals surface area contributed by atoms with E-state index in [0.717, 1.165) is 36.1 Å². The van der Waals surface area contributed by atoms with Crippen LogP contribution in [0.25, 0.3) is 11.3 Å². The zero-order valence-electron chi connectivity index (χ0n) is 28.3. The number of halogens is 3. The molecule has 2 N–H and O–H groups in total. The van der Waals surface area contributed by atoms with Crippen LogP contribution in [0.5, 0.6) is 5.88 Å². The number of benzene rings is 2. The molecule has 7 rings (SSSR count). The molecule has 3 fully saturated rings. The minimum atomic E-state index is -4.45. The Morgan fingerprint density at radius 2 is 1.74 bits per heavy atom. The van der Waals surface area contributed by atoms with Crippen LogP contribution in [0.2, 0.25) is 0 Å². The predicted molar refractivity (Wildman–Crippen MR) is 180 cm³/mol. The van der Waals surface area contributed by atoms with E-state index in [2.05, 4.69) is 20.0 Å². The maximum Gasteiger partial charge on any atom is 0.394 e. The van der Waals surface area contributed by atoms with E-state index in [1.165, 1.54) is 24.3 Å². The molecule has 10 nitrogen and oxygen atoms in total. The van der Waals surface area contributed by atoms with E-state index < -0.39 is 33.6 Å². The first-order valence-electron chi connectivity index (χ1n) is 17.0. The number of amides is 1. The van der Waals surface area contributed by atoms with Gasteiger partial charge in [-0.1, -0.05) is 24.3 Å². The molecule has 4 aliphatic rings. The molecule has 2 heterocycles. The molecule has 0 saturated heterocycles. The van der Waals surface area contributed by atoms with Crippen LogP contribution in [0.4, 0.5) is 19.1 Å². The molecule has 0 radical (unpaired) electrons. The molecule has 1 amide bonds. The number of hydrogen-bond donors (Lipinski definition) is 2. The fourth-order valence-electron chi connectivity index (χ4n) is 8.23. The lowest BCUT2D eigenvalue weighted by molar-refractivity contribution is -0.194. The number of nitrogens with one attached hydrogen (secondary N) is 2. The third-order valence-corrected chi connectivity index (χ3v) is 12.3. The van der Waals surface area contributed by atoms with Gasteiger partial charge in [0.05, 0.1) is 28.7 Å². The van der Waals surface area contributed by atoms with Gasteiger partial charge in [0.25, 0.3) is 15.9 Å². The van der Waals surface area contributed by atoms with Crippen LogP contribution >= 0.6 is 0 Å². The summed E-state index contributed by atoms with van der Waals surface area (Å²) in [6.07, 6.45) is -1.72. The molecule has 3 aromatic rings. The highest BCUT2D eigenvalue weighted by atomic mass is 32.2. The zero-order chi connectivity index (χ0) is 35.5. The Hall–Kier alpha value is -3.75. The summed E-state index contributed by atoms with van der Waals surface area (Å²) in [6.45, 7) is 4.87. The number of nitrogens with zero attached hydrogens (tertiary/aromatic N) is 3. The molecule has 4 bridgehead atoms. The molecule has 3 aliphatic carbocycles. The number of sulfonamides is 1. The number of aromatic nitrogens is 2. The Balaban J connectivity index is 1.28. The van der Waals surface area contributed by atoms with Crippen molar-refractivity contribution in [1.82, 2.24) is 20.2 Å². The fourth-order valence-corrected chi connectivity index (χ4v) is 9.22. The van der Waals surface area contributed by atoms with Gasteiger partial charge in [0.1, 0.15) is 6.61 Å². The smallest absolute Gasteiger partial charge is 0.394 e. The van der Waals surface area contributed by atoms with Crippen LogP contribution in [0.3, 0.4) is 0 Å². The van der Waals surface area contributed by atoms with Crippen molar-refractivity contribution in [3.63, 3.8) is 0 Å². The summed E-state index contributed by atoms with van der Waals surface area (Å²) in [5, 5.41) is 3.48. The Morgan fingerprint density at radius 3 is 2.40 bits per heavy atom. The molecule has 268 valence electrons. The van der Waals surface area contributed by atoms with Gasteiger partial charge in [-0.15, -0.1) is 0 Å². The Labute approximate surface area is 290 Å². The fraction of sp³-hybridized carbons (Fsp3) is 0.528. The largest absolute Gasteiger partial charge is 0.475 e. The number of alkyl halides is 3. The molecule has 2 aromatic carbocycles. The number of carbonyl (C=O) groups is 1. The lowest BCUT2D eigenvalue weighted by Crippen LogP contribution is -2.64. The summed E-state index contributed by atoms with van der Waals surface area (Å²) in [6, 6.07) is 11.9. The third kappa shape index (κ3) is 6.57. The van der Waals surface area contributed by atoms with Gasteiger partial charge in [-0.3, -0.25) is 4.79 Å². The van der Waals surface area contributed by atoms with Gasteiger partial charge in [-0.25, -0.2) is 18.1 Å². The predicted octanol–water partition coefficient (Wildman–Crippen LogP) is 6.04. The Bertz CT molecular complexity index is 1870. The number of hydrogen-bond acceptors (Lipinski definition) is 8. The van der Waals surface area contributed by atoms with Gasteiger partial charge in [-0.05, 0) is 93.5 Å². The lowest BCUT2D eigenvalue weighted by Gasteiger charge is -2.61. The molecule has 0 unspecified atom stereocenters. The average Bonchev–Trinajstić information content (AvgIpc) is 3.81. The van der Waals surface area contributed by atoms with Crippen LogP contribution < -0.4 is 14.8 Å². The highest BCUT2D eigenvalue weighted by Gasteiger charge is 2.65. The number of fused-ring (bicyclic) bond motifs is 4. The van der Waals surface area contributed by atoms with E-state index in [-0.39, 0.29) is 59.6 Å². The second-order valence-electron chi connectivity index (χ2n) is 14.6. The molecular formula is C36H42F3N5O5S. The van der Waals surface area contributed by atoms with E-state index in [1.54, 1.807) is 18.1 Å². The molecule has 3 saturated carbocycles. The quantitative estimate of drug-likeness (QED) is 0.271. The molecular weight excluding hydrogens is 671 g/mol.